The number of nitriles is 1. The highest BCUT2D eigenvalue weighted by Crippen LogP contribution is 2.48. The largest absolute Gasteiger partial charge is 0.389 e. The van der Waals surface area contributed by atoms with Gasteiger partial charge in [-0.3, -0.25) is 0 Å². The first kappa shape index (κ1) is 21.7. The van der Waals surface area contributed by atoms with Crippen LogP contribution in [-0.2, 0) is 4.74 Å². The molecule has 3 aliphatic heterocycles. The van der Waals surface area contributed by atoms with Crippen LogP contribution in [0.25, 0.3) is 11.4 Å². The molecular weight excluding hydrogens is 437 g/mol. The first-order valence-electron chi connectivity index (χ1n) is 11.1. The van der Waals surface area contributed by atoms with Crippen LogP contribution in [-0.4, -0.2) is 43.2 Å². The number of fused-ring (bicyclic) bond motifs is 2. The number of anilines is 1. The van der Waals surface area contributed by atoms with E-state index in [4.69, 9.17) is 15.5 Å². The third kappa shape index (κ3) is 3.35. The molecule has 1 aromatic rings. The number of nitrogens with zero attached hydrogens (tertiary/aromatic N) is 3. The van der Waals surface area contributed by atoms with Crippen molar-refractivity contribution in [3.8, 4) is 6.07 Å². The van der Waals surface area contributed by atoms with Crippen molar-refractivity contribution in [3.63, 3.8) is 0 Å². The molecule has 1 aliphatic carbocycles. The van der Waals surface area contributed by atoms with E-state index in [1.165, 1.54) is 6.08 Å². The number of allylic oxidation sites excluding steroid dienone is 2. The molecule has 170 valence electrons. The third-order valence-corrected chi connectivity index (χ3v) is 7.77. The van der Waals surface area contributed by atoms with Gasteiger partial charge in [0.1, 0.15) is 22.9 Å². The first-order chi connectivity index (χ1) is 16.0. The number of hydrogen-bond donors (Lipinski definition) is 2. The lowest BCUT2D eigenvalue weighted by Crippen LogP contribution is -2.42. The van der Waals surface area contributed by atoms with E-state index in [9.17, 15) is 9.65 Å². The topological polar surface area (TPSA) is 86.7 Å². The fourth-order valence-corrected chi connectivity index (χ4v) is 6.12. The van der Waals surface area contributed by atoms with Crippen LogP contribution >= 0.6 is 11.3 Å². The maximum Gasteiger partial charge on any atom is 0.198 e. The Hall–Kier alpha value is -3.15. The van der Waals surface area contributed by atoms with Gasteiger partial charge < -0.3 is 20.7 Å². The minimum Gasteiger partial charge on any atom is -0.389 e. The molecular formula is C25H26FN5OS. The summed E-state index contributed by atoms with van der Waals surface area (Å²) in [5.41, 5.74) is 12.6. The van der Waals surface area contributed by atoms with E-state index in [0.717, 1.165) is 71.1 Å². The van der Waals surface area contributed by atoms with Gasteiger partial charge in [-0.25, -0.2) is 9.38 Å². The van der Waals surface area contributed by atoms with E-state index < -0.39 is 5.83 Å². The molecule has 1 aromatic heterocycles. The number of rotatable bonds is 3. The molecule has 1 unspecified atom stereocenters. The Labute approximate surface area is 196 Å². The Bertz CT molecular complexity index is 1250. The Morgan fingerprint density at radius 1 is 1.39 bits per heavy atom. The number of nitrogens with two attached hydrogens (primary N) is 1. The molecule has 0 radical (unpaired) electrons. The van der Waals surface area contributed by atoms with E-state index in [-0.39, 0.29) is 11.6 Å². The van der Waals surface area contributed by atoms with Crippen molar-refractivity contribution in [2.75, 3.05) is 32.0 Å². The lowest BCUT2D eigenvalue weighted by molar-refractivity contribution is 0.206. The van der Waals surface area contributed by atoms with Gasteiger partial charge in [-0.15, -0.1) is 11.3 Å². The second kappa shape index (κ2) is 8.32. The Morgan fingerprint density at radius 3 is 2.82 bits per heavy atom. The molecule has 0 saturated carbocycles. The van der Waals surface area contributed by atoms with Crippen molar-refractivity contribution in [2.24, 2.45) is 4.99 Å². The number of thiophene rings is 1. The summed E-state index contributed by atoms with van der Waals surface area (Å²) < 4.78 is 20.7. The SMILES string of the molecule is C=C(C1=C(C)C2N=C(N3CCCC3)NC=C2C2=C1COC2)c1c(/C(F)=C\C)sc(N)c1C#N. The summed E-state index contributed by atoms with van der Waals surface area (Å²) in [7, 11) is 0. The van der Waals surface area contributed by atoms with Gasteiger partial charge in [0.25, 0.3) is 0 Å². The average molecular weight is 464 g/mol. The second-order valence-electron chi connectivity index (χ2n) is 8.57. The first-order valence-corrected chi connectivity index (χ1v) is 11.9. The molecule has 8 heteroatoms. The Balaban J connectivity index is 1.66. The molecule has 4 heterocycles. The zero-order valence-electron chi connectivity index (χ0n) is 18.8. The predicted molar refractivity (Wildman–Crippen MR) is 131 cm³/mol. The van der Waals surface area contributed by atoms with Crippen LogP contribution in [0.3, 0.4) is 0 Å². The van der Waals surface area contributed by atoms with Gasteiger partial charge in [-0.05, 0) is 54.6 Å². The Morgan fingerprint density at radius 2 is 2.12 bits per heavy atom. The maximum absolute atomic E-state index is 14.8. The quantitative estimate of drug-likeness (QED) is 0.689. The number of likely N-dealkylation sites (tertiary alicyclic amines) is 1. The van der Waals surface area contributed by atoms with Crippen molar-refractivity contribution in [3.05, 3.63) is 62.7 Å². The fourth-order valence-electron chi connectivity index (χ4n) is 5.11. The van der Waals surface area contributed by atoms with Crippen molar-refractivity contribution < 1.29 is 9.13 Å². The number of halogens is 1. The van der Waals surface area contributed by atoms with Gasteiger partial charge in [-0.2, -0.15) is 5.26 Å². The summed E-state index contributed by atoms with van der Waals surface area (Å²) in [4.78, 5) is 7.69. The number of nitrogen functional groups attached to an aromatic ring is 1. The monoisotopic (exact) mass is 463 g/mol. The molecule has 1 fully saturated rings. The predicted octanol–water partition coefficient (Wildman–Crippen LogP) is 4.51. The average Bonchev–Trinajstić information content (AvgIpc) is 3.58. The van der Waals surface area contributed by atoms with Gasteiger partial charge in [0.05, 0.1) is 23.7 Å². The van der Waals surface area contributed by atoms with E-state index in [2.05, 4.69) is 22.9 Å². The lowest BCUT2D eigenvalue weighted by Gasteiger charge is -2.34. The molecule has 1 saturated heterocycles. The van der Waals surface area contributed by atoms with E-state index in [0.29, 0.717) is 34.2 Å². The van der Waals surface area contributed by atoms with Gasteiger partial charge in [0, 0.05) is 30.4 Å². The van der Waals surface area contributed by atoms with E-state index in [1.54, 1.807) is 6.92 Å². The summed E-state index contributed by atoms with van der Waals surface area (Å²) in [6.07, 6.45) is 5.76. The highest BCUT2D eigenvalue weighted by Gasteiger charge is 2.38. The number of ether oxygens (including phenoxy) is 1. The van der Waals surface area contributed by atoms with Crippen molar-refractivity contribution in [1.82, 2.24) is 10.2 Å². The summed E-state index contributed by atoms with van der Waals surface area (Å²) in [5.74, 6) is 0.471. The smallest absolute Gasteiger partial charge is 0.198 e. The standard InChI is InChI=1S/C25H26FN5OS/c1-4-19(26)23-21(15(9-27)24(28)33-23)13(2)20-14(3)22-16(17-11-32-12-18(17)20)10-29-25(30-22)31-7-5-6-8-31/h4,10,22H,2,5-8,11-12,28H2,1,3H3,(H,29,30)/b19-4+. The fraction of sp³-hybridized carbons (Fsp3) is 0.360. The number of nitrogens with one attached hydrogen (secondary N) is 1. The van der Waals surface area contributed by atoms with Crippen LogP contribution in [0.1, 0.15) is 42.7 Å². The molecule has 33 heavy (non-hydrogen) atoms. The highest BCUT2D eigenvalue weighted by molar-refractivity contribution is 7.17. The van der Waals surface area contributed by atoms with Crippen LogP contribution in [0, 0.1) is 11.3 Å². The summed E-state index contributed by atoms with van der Waals surface area (Å²) >= 11 is 1.08. The lowest BCUT2D eigenvalue weighted by atomic mass is 9.76. The molecule has 0 aromatic carbocycles. The Kier molecular flexibility index (Phi) is 5.47. The van der Waals surface area contributed by atoms with Crippen molar-refractivity contribution in [2.45, 2.75) is 32.7 Å². The molecule has 4 aliphatic rings. The van der Waals surface area contributed by atoms with Crippen LogP contribution in [0.4, 0.5) is 9.39 Å². The third-order valence-electron chi connectivity index (χ3n) is 6.74. The van der Waals surface area contributed by atoms with Gasteiger partial charge >= 0.3 is 0 Å². The molecule has 0 amide bonds. The molecule has 3 N–H and O–H groups in total. The zero-order chi connectivity index (χ0) is 23.3. The van der Waals surface area contributed by atoms with Gasteiger partial charge in [0.15, 0.2) is 5.96 Å². The molecule has 0 bridgehead atoms. The van der Waals surface area contributed by atoms with E-state index in [1.807, 2.05) is 13.1 Å². The molecule has 6 nitrogen and oxygen atoms in total. The number of guanidine groups is 1. The minimum atomic E-state index is -0.410. The normalized spacial score (nSPS) is 22.5. The van der Waals surface area contributed by atoms with Crippen LogP contribution in [0.15, 0.2) is 51.7 Å². The van der Waals surface area contributed by atoms with Crippen LogP contribution < -0.4 is 11.1 Å². The van der Waals surface area contributed by atoms with Crippen LogP contribution in [0.5, 0.6) is 0 Å². The molecule has 0 spiro atoms. The minimum absolute atomic E-state index is 0.175. The van der Waals surface area contributed by atoms with Crippen molar-refractivity contribution in [1.29, 1.82) is 5.26 Å². The second-order valence-corrected chi connectivity index (χ2v) is 9.63. The number of aliphatic imine (C=N–C) groups is 1. The van der Waals surface area contributed by atoms with Crippen LogP contribution in [0.2, 0.25) is 0 Å². The summed E-state index contributed by atoms with van der Waals surface area (Å²) in [5, 5.41) is 13.5. The summed E-state index contributed by atoms with van der Waals surface area (Å²) in [6.45, 7) is 10.9. The number of hydrogen-bond acceptors (Lipinski definition) is 7. The van der Waals surface area contributed by atoms with Gasteiger partial charge in [0.2, 0.25) is 0 Å². The molecule has 1 atom stereocenters. The zero-order valence-corrected chi connectivity index (χ0v) is 19.6. The highest BCUT2D eigenvalue weighted by atomic mass is 32.1. The molecule has 5 rings (SSSR count). The van der Waals surface area contributed by atoms with Gasteiger partial charge in [-0.1, -0.05) is 12.7 Å². The van der Waals surface area contributed by atoms with E-state index >= 15 is 0 Å². The van der Waals surface area contributed by atoms with Crippen molar-refractivity contribution >= 4 is 33.7 Å². The maximum atomic E-state index is 14.8. The summed E-state index contributed by atoms with van der Waals surface area (Å²) in [6, 6.07) is 1.99.